The van der Waals surface area contributed by atoms with Crippen molar-refractivity contribution in [2.24, 2.45) is 0 Å². The summed E-state index contributed by atoms with van der Waals surface area (Å²) in [5.74, 6) is -0.205. The molecule has 112 valence electrons. The molecule has 19 heavy (non-hydrogen) atoms. The Morgan fingerprint density at radius 3 is 2.74 bits per heavy atom. The smallest absolute Gasteiger partial charge is 0.223 e. The van der Waals surface area contributed by atoms with Gasteiger partial charge >= 0.3 is 0 Å². The average Bonchev–Trinajstić information content (AvgIpc) is 2.83. The van der Waals surface area contributed by atoms with Gasteiger partial charge in [0, 0.05) is 38.9 Å². The molecule has 1 unspecified atom stereocenters. The van der Waals surface area contributed by atoms with Gasteiger partial charge in [-0.1, -0.05) is 0 Å². The van der Waals surface area contributed by atoms with Gasteiger partial charge in [-0.05, 0) is 19.4 Å². The van der Waals surface area contributed by atoms with Crippen LogP contribution < -0.4 is 5.32 Å². The fraction of sp³-hybridized carbons (Fsp3) is 0.917. The van der Waals surface area contributed by atoms with Gasteiger partial charge in [0.05, 0.1) is 12.4 Å². The lowest BCUT2D eigenvalue weighted by molar-refractivity contribution is -0.131. The summed E-state index contributed by atoms with van der Waals surface area (Å²) in [7, 11) is -1.50. The second-order valence-electron chi connectivity index (χ2n) is 5.01. The van der Waals surface area contributed by atoms with Crippen LogP contribution in [0.5, 0.6) is 0 Å². The Hall–Kier alpha value is -0.660. The van der Waals surface area contributed by atoms with Crippen LogP contribution in [0.25, 0.3) is 0 Å². The summed E-state index contributed by atoms with van der Waals surface area (Å²) in [4.78, 5) is 13.8. The number of hydrogen-bond donors (Lipinski definition) is 1. The van der Waals surface area contributed by atoms with Crippen LogP contribution in [0, 0.1) is 0 Å². The number of carbonyl (C=O) groups is 1. The molecule has 1 rings (SSSR count). The molecule has 1 atom stereocenters. The number of carbonyl (C=O) groups excluding carboxylic acids is 1. The molecule has 0 aromatic rings. The lowest BCUT2D eigenvalue weighted by Gasteiger charge is -2.25. The molecule has 0 spiro atoms. The summed E-state index contributed by atoms with van der Waals surface area (Å²) in [5.41, 5.74) is 0. The molecule has 1 aliphatic rings. The summed E-state index contributed by atoms with van der Waals surface area (Å²) in [6.07, 6.45) is 3.39. The topological polar surface area (TPSA) is 75.7 Å². The third-order valence-corrected chi connectivity index (χ3v) is 4.15. The van der Waals surface area contributed by atoms with Gasteiger partial charge in [0.1, 0.15) is 9.84 Å². The number of methoxy groups -OCH3 is 1. The number of amides is 1. The normalized spacial score (nSPS) is 19.6. The van der Waals surface area contributed by atoms with Gasteiger partial charge in [-0.2, -0.15) is 0 Å². The van der Waals surface area contributed by atoms with Crippen LogP contribution in [-0.4, -0.2) is 70.6 Å². The first-order valence-corrected chi connectivity index (χ1v) is 8.66. The van der Waals surface area contributed by atoms with Gasteiger partial charge in [-0.3, -0.25) is 4.79 Å². The number of ether oxygens (including phenoxy) is 1. The van der Waals surface area contributed by atoms with Crippen molar-refractivity contribution >= 4 is 15.7 Å². The fourth-order valence-corrected chi connectivity index (χ4v) is 2.67. The Morgan fingerprint density at radius 1 is 1.47 bits per heavy atom. The number of sulfone groups is 1. The molecular weight excluding hydrogens is 268 g/mol. The van der Waals surface area contributed by atoms with E-state index in [0.717, 1.165) is 25.6 Å². The highest BCUT2D eigenvalue weighted by Gasteiger charge is 2.21. The lowest BCUT2D eigenvalue weighted by Crippen LogP contribution is -2.43. The molecule has 0 bridgehead atoms. The van der Waals surface area contributed by atoms with Crippen molar-refractivity contribution in [1.29, 1.82) is 0 Å². The minimum atomic E-state index is -3.09. The maximum atomic E-state index is 12.1. The van der Waals surface area contributed by atoms with E-state index in [4.69, 9.17) is 4.74 Å². The van der Waals surface area contributed by atoms with E-state index in [0.29, 0.717) is 25.7 Å². The van der Waals surface area contributed by atoms with Crippen molar-refractivity contribution in [3.8, 4) is 0 Å². The van der Waals surface area contributed by atoms with E-state index in [1.165, 1.54) is 0 Å². The highest BCUT2D eigenvalue weighted by molar-refractivity contribution is 7.90. The van der Waals surface area contributed by atoms with E-state index >= 15 is 0 Å². The molecule has 6 nitrogen and oxygen atoms in total. The van der Waals surface area contributed by atoms with E-state index in [9.17, 15) is 13.2 Å². The quantitative estimate of drug-likeness (QED) is 0.662. The third-order valence-electron chi connectivity index (χ3n) is 3.21. The average molecular weight is 292 g/mol. The third kappa shape index (κ3) is 6.89. The van der Waals surface area contributed by atoms with Crippen LogP contribution >= 0.6 is 0 Å². The van der Waals surface area contributed by atoms with Gasteiger partial charge < -0.3 is 15.0 Å². The summed E-state index contributed by atoms with van der Waals surface area (Å²) in [6.45, 7) is 2.60. The molecule has 0 aromatic heterocycles. The number of hydrogen-bond acceptors (Lipinski definition) is 5. The van der Waals surface area contributed by atoms with Gasteiger partial charge in [0.25, 0.3) is 0 Å². The molecule has 0 saturated carbocycles. The fourth-order valence-electron chi connectivity index (χ4n) is 2.13. The minimum Gasteiger partial charge on any atom is -0.383 e. The molecule has 1 aliphatic heterocycles. The predicted molar refractivity (Wildman–Crippen MR) is 73.8 cm³/mol. The molecule has 1 saturated heterocycles. The first kappa shape index (κ1) is 16.4. The van der Waals surface area contributed by atoms with Crippen LogP contribution in [0.15, 0.2) is 0 Å². The van der Waals surface area contributed by atoms with Crippen molar-refractivity contribution in [1.82, 2.24) is 10.2 Å². The zero-order chi connectivity index (χ0) is 14.3. The van der Waals surface area contributed by atoms with E-state index in [1.54, 1.807) is 12.0 Å². The molecule has 1 fully saturated rings. The monoisotopic (exact) mass is 292 g/mol. The van der Waals surface area contributed by atoms with Crippen molar-refractivity contribution in [2.75, 3.05) is 45.4 Å². The van der Waals surface area contributed by atoms with E-state index in [1.807, 2.05) is 0 Å². The first-order chi connectivity index (χ1) is 8.92. The van der Waals surface area contributed by atoms with Crippen LogP contribution in [0.1, 0.15) is 19.3 Å². The number of nitrogens with one attached hydrogen (secondary N) is 1. The zero-order valence-electron chi connectivity index (χ0n) is 11.7. The highest BCUT2D eigenvalue weighted by Crippen LogP contribution is 2.08. The van der Waals surface area contributed by atoms with E-state index < -0.39 is 9.84 Å². The Bertz CT molecular complexity index is 377. The largest absolute Gasteiger partial charge is 0.383 e. The molecule has 7 heteroatoms. The molecule has 0 aromatic carbocycles. The SMILES string of the molecule is COCCN(CC1CCCN1)C(=O)CCS(C)(=O)=O. The first-order valence-electron chi connectivity index (χ1n) is 6.60. The lowest BCUT2D eigenvalue weighted by atomic mass is 10.2. The zero-order valence-corrected chi connectivity index (χ0v) is 12.5. The van der Waals surface area contributed by atoms with Gasteiger partial charge in [0.2, 0.25) is 5.91 Å². The number of nitrogens with zero attached hydrogens (tertiary/aromatic N) is 1. The Morgan fingerprint density at radius 2 is 2.21 bits per heavy atom. The second kappa shape index (κ2) is 7.81. The van der Waals surface area contributed by atoms with Gasteiger partial charge in [-0.25, -0.2) is 8.42 Å². The van der Waals surface area contributed by atoms with Crippen molar-refractivity contribution in [3.63, 3.8) is 0 Å². The summed E-state index contributed by atoms with van der Waals surface area (Å²) >= 11 is 0. The summed E-state index contributed by atoms with van der Waals surface area (Å²) < 4.78 is 27.2. The predicted octanol–water partition coefficient (Wildman–Crippen LogP) is -0.352. The summed E-state index contributed by atoms with van der Waals surface area (Å²) in [5, 5.41) is 3.34. The molecule has 0 aliphatic carbocycles. The maximum absolute atomic E-state index is 12.1. The Kier molecular flexibility index (Phi) is 6.74. The molecule has 1 N–H and O–H groups in total. The van der Waals surface area contributed by atoms with Gasteiger partial charge in [-0.15, -0.1) is 0 Å². The molecule has 0 radical (unpaired) electrons. The minimum absolute atomic E-state index is 0.0509. The standard InChI is InChI=1S/C12H24N2O4S/c1-18-8-7-14(10-11-4-3-6-13-11)12(15)5-9-19(2,16)17/h11,13H,3-10H2,1-2H3. The molecular formula is C12H24N2O4S. The maximum Gasteiger partial charge on any atom is 0.223 e. The second-order valence-corrected chi connectivity index (χ2v) is 7.27. The summed E-state index contributed by atoms with van der Waals surface area (Å²) in [6, 6.07) is 0.319. The van der Waals surface area contributed by atoms with E-state index in [2.05, 4.69) is 5.32 Å². The molecule has 1 amide bonds. The highest BCUT2D eigenvalue weighted by atomic mass is 32.2. The van der Waals surface area contributed by atoms with Crippen LogP contribution in [0.3, 0.4) is 0 Å². The number of rotatable bonds is 8. The Labute approximate surface area is 115 Å². The van der Waals surface area contributed by atoms with Gasteiger partial charge in [0.15, 0.2) is 0 Å². The Balaban J connectivity index is 2.48. The van der Waals surface area contributed by atoms with Crippen LogP contribution in [-0.2, 0) is 19.4 Å². The molecule has 1 heterocycles. The van der Waals surface area contributed by atoms with Crippen LogP contribution in [0.4, 0.5) is 0 Å². The van der Waals surface area contributed by atoms with Crippen molar-refractivity contribution in [3.05, 3.63) is 0 Å². The van der Waals surface area contributed by atoms with E-state index in [-0.39, 0.29) is 18.1 Å². The van der Waals surface area contributed by atoms with Crippen molar-refractivity contribution in [2.45, 2.75) is 25.3 Å². The van der Waals surface area contributed by atoms with Crippen molar-refractivity contribution < 1.29 is 17.9 Å². The van der Waals surface area contributed by atoms with Crippen LogP contribution in [0.2, 0.25) is 0 Å².